The van der Waals surface area contributed by atoms with Gasteiger partial charge in [0.25, 0.3) is 0 Å². The molecule has 0 bridgehead atoms. The van der Waals surface area contributed by atoms with Crippen LogP contribution >= 0.6 is 23.2 Å². The van der Waals surface area contributed by atoms with Crippen LogP contribution in [0.15, 0.2) is 30.3 Å². The van der Waals surface area contributed by atoms with Crippen molar-refractivity contribution in [2.45, 2.75) is 19.2 Å². The second-order valence-corrected chi connectivity index (χ2v) is 5.85. The van der Waals surface area contributed by atoms with Crippen LogP contribution in [0.4, 0.5) is 4.39 Å². The zero-order valence-electron chi connectivity index (χ0n) is 11.4. The summed E-state index contributed by atoms with van der Waals surface area (Å²) in [6.45, 7) is 3.66. The zero-order valence-corrected chi connectivity index (χ0v) is 13.0. The standard InChI is InChI=1S/C15H12Cl2FN3/c1-8-6-7-11-15(19-8)21(14(20-11)9(2)16)12-5-3-4-10(17)13(12)18/h3-7,9H,1-2H3. The number of aromatic nitrogens is 3. The number of alkyl halides is 1. The number of aryl methyl sites for hydroxylation is 1. The van der Waals surface area contributed by atoms with Gasteiger partial charge in [0.2, 0.25) is 0 Å². The molecule has 1 unspecified atom stereocenters. The summed E-state index contributed by atoms with van der Waals surface area (Å²) in [5.74, 6) is 0.0197. The highest BCUT2D eigenvalue weighted by Crippen LogP contribution is 2.30. The molecule has 108 valence electrons. The Morgan fingerprint density at radius 3 is 2.67 bits per heavy atom. The van der Waals surface area contributed by atoms with E-state index in [4.69, 9.17) is 23.2 Å². The maximum absolute atomic E-state index is 14.4. The molecule has 3 aromatic rings. The fourth-order valence-electron chi connectivity index (χ4n) is 2.24. The molecule has 0 aliphatic carbocycles. The summed E-state index contributed by atoms with van der Waals surface area (Å²) >= 11 is 12.1. The van der Waals surface area contributed by atoms with Crippen molar-refractivity contribution in [2.75, 3.05) is 0 Å². The first-order chi connectivity index (χ1) is 9.99. The van der Waals surface area contributed by atoms with Crippen molar-refractivity contribution in [3.8, 4) is 5.69 Å². The molecule has 0 spiro atoms. The first-order valence-corrected chi connectivity index (χ1v) is 7.25. The van der Waals surface area contributed by atoms with Crippen molar-refractivity contribution in [2.24, 2.45) is 0 Å². The minimum absolute atomic E-state index is 0.0511. The van der Waals surface area contributed by atoms with Gasteiger partial charge in [-0.15, -0.1) is 11.6 Å². The number of halogens is 3. The molecular weight excluding hydrogens is 312 g/mol. The molecule has 1 atom stereocenters. The highest BCUT2D eigenvalue weighted by atomic mass is 35.5. The van der Waals surface area contributed by atoms with Gasteiger partial charge in [0.1, 0.15) is 11.3 Å². The van der Waals surface area contributed by atoms with Crippen molar-refractivity contribution in [1.29, 1.82) is 0 Å². The lowest BCUT2D eigenvalue weighted by Gasteiger charge is -2.11. The van der Waals surface area contributed by atoms with Crippen LogP contribution in [0.2, 0.25) is 5.02 Å². The van der Waals surface area contributed by atoms with Crippen LogP contribution in [0.1, 0.15) is 23.8 Å². The lowest BCUT2D eigenvalue weighted by Crippen LogP contribution is -2.05. The predicted octanol–water partition coefficient (Wildman–Crippen LogP) is 4.82. The van der Waals surface area contributed by atoms with Gasteiger partial charge >= 0.3 is 0 Å². The van der Waals surface area contributed by atoms with Gasteiger partial charge in [-0.1, -0.05) is 17.7 Å². The zero-order chi connectivity index (χ0) is 15.1. The number of imidazole rings is 1. The summed E-state index contributed by atoms with van der Waals surface area (Å²) in [6, 6.07) is 8.53. The smallest absolute Gasteiger partial charge is 0.165 e. The SMILES string of the molecule is Cc1ccc2nc(C(C)Cl)n(-c3cccc(Cl)c3F)c2n1. The minimum Gasteiger partial charge on any atom is -0.276 e. The summed E-state index contributed by atoms with van der Waals surface area (Å²) in [4.78, 5) is 8.92. The highest BCUT2D eigenvalue weighted by Gasteiger charge is 2.20. The van der Waals surface area contributed by atoms with E-state index in [1.165, 1.54) is 6.07 Å². The number of benzene rings is 1. The fourth-order valence-corrected chi connectivity index (χ4v) is 2.55. The maximum atomic E-state index is 14.4. The van der Waals surface area contributed by atoms with Gasteiger partial charge in [-0.25, -0.2) is 14.4 Å². The molecule has 2 heterocycles. The van der Waals surface area contributed by atoms with Gasteiger partial charge in [-0.2, -0.15) is 0 Å². The van der Waals surface area contributed by atoms with E-state index in [0.717, 1.165) is 5.69 Å². The summed E-state index contributed by atoms with van der Waals surface area (Å²) in [6.07, 6.45) is 0. The molecule has 0 amide bonds. The van der Waals surface area contributed by atoms with E-state index in [1.807, 2.05) is 19.1 Å². The van der Waals surface area contributed by atoms with E-state index < -0.39 is 11.2 Å². The van der Waals surface area contributed by atoms with Crippen molar-refractivity contribution >= 4 is 34.4 Å². The molecule has 1 aromatic carbocycles. The average Bonchev–Trinajstić information content (AvgIpc) is 2.80. The van der Waals surface area contributed by atoms with E-state index in [2.05, 4.69) is 9.97 Å². The monoisotopic (exact) mass is 323 g/mol. The number of nitrogens with zero attached hydrogens (tertiary/aromatic N) is 3. The molecule has 0 aliphatic heterocycles. The summed E-state index contributed by atoms with van der Waals surface area (Å²) in [5.41, 5.74) is 2.35. The first-order valence-electron chi connectivity index (χ1n) is 6.43. The van der Waals surface area contributed by atoms with Crippen molar-refractivity contribution in [1.82, 2.24) is 14.5 Å². The molecule has 21 heavy (non-hydrogen) atoms. The topological polar surface area (TPSA) is 30.7 Å². The number of fused-ring (bicyclic) bond motifs is 1. The van der Waals surface area contributed by atoms with Crippen LogP contribution in [0.3, 0.4) is 0 Å². The lowest BCUT2D eigenvalue weighted by molar-refractivity contribution is 0.616. The van der Waals surface area contributed by atoms with E-state index in [-0.39, 0.29) is 5.02 Å². The van der Waals surface area contributed by atoms with Gasteiger partial charge in [-0.05, 0) is 38.1 Å². The van der Waals surface area contributed by atoms with Gasteiger partial charge in [0.05, 0.1) is 16.1 Å². The lowest BCUT2D eigenvalue weighted by atomic mass is 10.3. The quantitative estimate of drug-likeness (QED) is 0.633. The third-order valence-corrected chi connectivity index (χ3v) is 3.68. The number of hydrogen-bond acceptors (Lipinski definition) is 2. The Labute approximate surface area is 131 Å². The number of hydrogen-bond donors (Lipinski definition) is 0. The van der Waals surface area contributed by atoms with Crippen molar-refractivity contribution < 1.29 is 4.39 Å². The van der Waals surface area contributed by atoms with Gasteiger partial charge in [-0.3, -0.25) is 4.57 Å². The second kappa shape index (κ2) is 5.28. The summed E-state index contributed by atoms with van der Waals surface area (Å²) in [7, 11) is 0. The molecule has 0 N–H and O–H groups in total. The van der Waals surface area contributed by atoms with Crippen molar-refractivity contribution in [3.05, 3.63) is 52.7 Å². The average molecular weight is 324 g/mol. The van der Waals surface area contributed by atoms with Gasteiger partial charge < -0.3 is 0 Å². The third kappa shape index (κ3) is 2.39. The molecule has 3 nitrogen and oxygen atoms in total. The maximum Gasteiger partial charge on any atom is 0.165 e. The Hall–Kier alpha value is -1.65. The Morgan fingerprint density at radius 2 is 1.95 bits per heavy atom. The molecule has 6 heteroatoms. The van der Waals surface area contributed by atoms with E-state index in [1.54, 1.807) is 23.6 Å². The van der Waals surface area contributed by atoms with Crippen LogP contribution in [0.25, 0.3) is 16.9 Å². The summed E-state index contributed by atoms with van der Waals surface area (Å²) in [5, 5.41) is -0.340. The van der Waals surface area contributed by atoms with Crippen molar-refractivity contribution in [3.63, 3.8) is 0 Å². The predicted molar refractivity (Wildman–Crippen MR) is 82.8 cm³/mol. The Kier molecular flexibility index (Phi) is 3.59. The van der Waals surface area contributed by atoms with Crippen LogP contribution in [0.5, 0.6) is 0 Å². The summed E-state index contributed by atoms with van der Waals surface area (Å²) < 4.78 is 16.0. The molecule has 3 rings (SSSR count). The first kappa shape index (κ1) is 14.3. The third-order valence-electron chi connectivity index (χ3n) is 3.20. The van der Waals surface area contributed by atoms with E-state index in [9.17, 15) is 4.39 Å². The second-order valence-electron chi connectivity index (χ2n) is 4.79. The van der Waals surface area contributed by atoms with E-state index >= 15 is 0 Å². The Bertz CT molecular complexity index is 827. The van der Waals surface area contributed by atoms with Gasteiger partial charge in [0, 0.05) is 5.69 Å². The molecule has 0 saturated heterocycles. The van der Waals surface area contributed by atoms with E-state index in [0.29, 0.717) is 22.7 Å². The number of pyridine rings is 1. The normalized spacial score (nSPS) is 12.8. The fraction of sp³-hybridized carbons (Fsp3) is 0.200. The Morgan fingerprint density at radius 1 is 1.19 bits per heavy atom. The molecule has 2 aromatic heterocycles. The van der Waals surface area contributed by atoms with Crippen LogP contribution in [-0.2, 0) is 0 Å². The highest BCUT2D eigenvalue weighted by molar-refractivity contribution is 6.30. The molecular formula is C15H12Cl2FN3. The van der Waals surface area contributed by atoms with Crippen LogP contribution in [0, 0.1) is 12.7 Å². The van der Waals surface area contributed by atoms with Crippen LogP contribution in [-0.4, -0.2) is 14.5 Å². The molecule has 0 radical (unpaired) electrons. The van der Waals surface area contributed by atoms with Gasteiger partial charge in [0.15, 0.2) is 11.5 Å². The molecule has 0 fully saturated rings. The minimum atomic E-state index is -0.514. The number of rotatable bonds is 2. The molecule has 0 saturated carbocycles. The van der Waals surface area contributed by atoms with Crippen LogP contribution < -0.4 is 0 Å². The largest absolute Gasteiger partial charge is 0.276 e. The Balaban J connectivity index is 2.41. The molecule has 0 aliphatic rings.